The first-order chi connectivity index (χ1) is 9.81. The minimum Gasteiger partial charge on any atom is -0.506 e. The maximum Gasteiger partial charge on any atom is 0.345 e. The predicted molar refractivity (Wildman–Crippen MR) is 68.5 cm³/mol. The molecule has 0 bridgehead atoms. The van der Waals surface area contributed by atoms with E-state index in [0.29, 0.717) is 0 Å². The fourth-order valence-electron chi connectivity index (χ4n) is 1.84. The first kappa shape index (κ1) is 16.3. The topological polar surface area (TPSA) is 119 Å². The smallest absolute Gasteiger partial charge is 0.345 e. The highest BCUT2D eigenvalue weighted by Crippen LogP contribution is 2.38. The van der Waals surface area contributed by atoms with Gasteiger partial charge < -0.3 is 24.4 Å². The summed E-state index contributed by atoms with van der Waals surface area (Å²) < 4.78 is 13.4. The molecule has 0 aliphatic rings. The molecule has 0 radical (unpaired) electrons. The second-order valence-corrected chi connectivity index (χ2v) is 3.92. The van der Waals surface area contributed by atoms with Crippen molar-refractivity contribution in [3.05, 3.63) is 22.3 Å². The van der Waals surface area contributed by atoms with Gasteiger partial charge in [-0.1, -0.05) is 0 Å². The van der Waals surface area contributed by atoms with E-state index in [1.807, 2.05) is 0 Å². The van der Waals surface area contributed by atoms with Gasteiger partial charge in [0.15, 0.2) is 0 Å². The van der Waals surface area contributed by atoms with Crippen molar-refractivity contribution >= 4 is 17.9 Å². The SMILES string of the molecule is COC(=O)c1c(C)c(C(=O)OC)c(O)c(C(=O)OC)c1O. The minimum atomic E-state index is -1.12. The van der Waals surface area contributed by atoms with Crippen LogP contribution in [0, 0.1) is 6.92 Å². The van der Waals surface area contributed by atoms with Crippen LogP contribution in [0.4, 0.5) is 0 Å². The Morgan fingerprint density at radius 2 is 1.00 bits per heavy atom. The van der Waals surface area contributed by atoms with Crippen molar-refractivity contribution < 1.29 is 38.8 Å². The number of phenolic OH excluding ortho intramolecular Hbond substituents is 2. The maximum absolute atomic E-state index is 11.7. The number of methoxy groups -OCH3 is 3. The Balaban J connectivity index is 3.87. The molecule has 1 rings (SSSR count). The van der Waals surface area contributed by atoms with E-state index in [-0.39, 0.29) is 5.56 Å². The van der Waals surface area contributed by atoms with Crippen LogP contribution >= 0.6 is 0 Å². The van der Waals surface area contributed by atoms with Gasteiger partial charge in [-0.25, -0.2) is 14.4 Å². The number of rotatable bonds is 3. The van der Waals surface area contributed by atoms with Gasteiger partial charge in [-0.2, -0.15) is 0 Å². The summed E-state index contributed by atoms with van der Waals surface area (Å²) in [7, 11) is 3.13. The number of esters is 3. The summed E-state index contributed by atoms with van der Waals surface area (Å²) in [5.74, 6) is -4.77. The molecule has 0 aromatic heterocycles. The zero-order chi connectivity index (χ0) is 16.3. The highest BCUT2D eigenvalue weighted by Gasteiger charge is 2.32. The van der Waals surface area contributed by atoms with Gasteiger partial charge >= 0.3 is 17.9 Å². The molecule has 0 fully saturated rings. The zero-order valence-electron chi connectivity index (χ0n) is 11.8. The Kier molecular flexibility index (Phi) is 4.75. The molecule has 0 heterocycles. The van der Waals surface area contributed by atoms with Gasteiger partial charge in [-0.15, -0.1) is 0 Å². The summed E-state index contributed by atoms with van der Waals surface area (Å²) in [5.41, 5.74) is -1.67. The van der Waals surface area contributed by atoms with Crippen molar-refractivity contribution in [1.29, 1.82) is 0 Å². The van der Waals surface area contributed by atoms with Gasteiger partial charge in [-0.05, 0) is 12.5 Å². The zero-order valence-corrected chi connectivity index (χ0v) is 11.8. The fourth-order valence-corrected chi connectivity index (χ4v) is 1.84. The molecule has 21 heavy (non-hydrogen) atoms. The number of aromatic hydroxyl groups is 2. The number of carbonyl (C=O) groups excluding carboxylic acids is 3. The second-order valence-electron chi connectivity index (χ2n) is 3.92. The van der Waals surface area contributed by atoms with E-state index in [1.165, 1.54) is 6.92 Å². The summed E-state index contributed by atoms with van der Waals surface area (Å²) in [5, 5.41) is 20.0. The van der Waals surface area contributed by atoms with Crippen LogP contribution in [0.25, 0.3) is 0 Å². The molecule has 1 aromatic rings. The van der Waals surface area contributed by atoms with Crippen molar-refractivity contribution in [2.24, 2.45) is 0 Å². The lowest BCUT2D eigenvalue weighted by Crippen LogP contribution is -2.15. The Labute approximate surface area is 119 Å². The summed E-state index contributed by atoms with van der Waals surface area (Å²) in [6, 6.07) is 0. The number of hydrogen-bond acceptors (Lipinski definition) is 8. The molecule has 2 N–H and O–H groups in total. The summed E-state index contributed by atoms with van der Waals surface area (Å²) >= 11 is 0. The van der Waals surface area contributed by atoms with Gasteiger partial charge in [0.25, 0.3) is 0 Å². The molecule has 0 spiro atoms. The van der Waals surface area contributed by atoms with Crippen molar-refractivity contribution in [2.75, 3.05) is 21.3 Å². The van der Waals surface area contributed by atoms with E-state index < -0.39 is 46.1 Å². The van der Waals surface area contributed by atoms with Crippen LogP contribution in [0.5, 0.6) is 11.5 Å². The van der Waals surface area contributed by atoms with Crippen LogP contribution in [0.2, 0.25) is 0 Å². The van der Waals surface area contributed by atoms with Gasteiger partial charge in [0, 0.05) is 0 Å². The second kappa shape index (κ2) is 6.12. The van der Waals surface area contributed by atoms with E-state index in [0.717, 1.165) is 21.3 Å². The van der Waals surface area contributed by atoms with Gasteiger partial charge in [0.2, 0.25) is 0 Å². The van der Waals surface area contributed by atoms with Crippen LogP contribution < -0.4 is 0 Å². The first-order valence-corrected chi connectivity index (χ1v) is 5.65. The molecule has 0 saturated carbocycles. The lowest BCUT2D eigenvalue weighted by molar-refractivity contribution is 0.0586. The Bertz CT molecular complexity index is 510. The number of benzene rings is 1. The third-order valence-electron chi connectivity index (χ3n) is 2.87. The monoisotopic (exact) mass is 298 g/mol. The van der Waals surface area contributed by atoms with Crippen molar-refractivity contribution in [1.82, 2.24) is 0 Å². The van der Waals surface area contributed by atoms with Crippen molar-refractivity contribution in [2.45, 2.75) is 6.92 Å². The Morgan fingerprint density at radius 3 is 1.29 bits per heavy atom. The van der Waals surface area contributed by atoms with E-state index >= 15 is 0 Å². The van der Waals surface area contributed by atoms with Crippen molar-refractivity contribution in [3.8, 4) is 11.5 Å². The van der Waals surface area contributed by atoms with Gasteiger partial charge in [0.1, 0.15) is 28.2 Å². The minimum absolute atomic E-state index is 0.0867. The molecular formula is C13H14O8. The highest BCUT2D eigenvalue weighted by atomic mass is 16.5. The Hall–Kier alpha value is -2.77. The predicted octanol–water partition coefficient (Wildman–Crippen LogP) is 0.766. The van der Waals surface area contributed by atoms with E-state index in [2.05, 4.69) is 14.2 Å². The van der Waals surface area contributed by atoms with Crippen LogP contribution in [0.3, 0.4) is 0 Å². The average molecular weight is 298 g/mol. The molecule has 0 saturated heterocycles. The van der Waals surface area contributed by atoms with Crippen molar-refractivity contribution in [3.63, 3.8) is 0 Å². The molecule has 0 unspecified atom stereocenters. The fraction of sp³-hybridized carbons (Fsp3) is 0.308. The lowest BCUT2D eigenvalue weighted by Gasteiger charge is -2.16. The largest absolute Gasteiger partial charge is 0.506 e. The summed E-state index contributed by atoms with van der Waals surface area (Å²) in [6.45, 7) is 1.29. The van der Waals surface area contributed by atoms with Gasteiger partial charge in [-0.3, -0.25) is 0 Å². The maximum atomic E-state index is 11.7. The molecule has 0 atom stereocenters. The number of phenols is 2. The van der Waals surface area contributed by atoms with Crippen LogP contribution in [0.15, 0.2) is 0 Å². The van der Waals surface area contributed by atoms with Crippen LogP contribution in [-0.4, -0.2) is 49.5 Å². The molecule has 8 heteroatoms. The molecule has 0 aliphatic heterocycles. The first-order valence-electron chi connectivity index (χ1n) is 5.65. The molecule has 1 aromatic carbocycles. The highest BCUT2D eigenvalue weighted by molar-refractivity contribution is 6.08. The van der Waals surface area contributed by atoms with Gasteiger partial charge in [0.05, 0.1) is 21.3 Å². The number of ether oxygens (including phenoxy) is 3. The third kappa shape index (κ3) is 2.60. The number of carbonyl (C=O) groups is 3. The average Bonchev–Trinajstić information content (AvgIpc) is 2.46. The molecule has 114 valence electrons. The molecule has 0 amide bonds. The Morgan fingerprint density at radius 1 is 0.714 bits per heavy atom. The lowest BCUT2D eigenvalue weighted by atomic mass is 9.95. The van der Waals surface area contributed by atoms with E-state index in [1.54, 1.807) is 0 Å². The normalized spacial score (nSPS) is 9.90. The standard InChI is InChI=1S/C13H14O8/c1-5-6(11(16)19-2)9(14)8(13(18)21-4)10(15)7(5)12(17)20-3/h14-15H,1-4H3. The third-order valence-corrected chi connectivity index (χ3v) is 2.87. The van der Waals surface area contributed by atoms with E-state index in [9.17, 15) is 24.6 Å². The number of hydrogen-bond donors (Lipinski definition) is 2. The summed E-state index contributed by atoms with van der Waals surface area (Å²) in [6.07, 6.45) is 0. The quantitative estimate of drug-likeness (QED) is 0.620. The molecule has 8 nitrogen and oxygen atoms in total. The van der Waals surface area contributed by atoms with Crippen LogP contribution in [0.1, 0.15) is 36.6 Å². The molecular weight excluding hydrogens is 284 g/mol. The van der Waals surface area contributed by atoms with E-state index in [4.69, 9.17) is 0 Å². The van der Waals surface area contributed by atoms with Crippen LogP contribution in [-0.2, 0) is 14.2 Å². The molecule has 0 aliphatic carbocycles. The summed E-state index contributed by atoms with van der Waals surface area (Å²) in [4.78, 5) is 35.1.